The van der Waals surface area contributed by atoms with Crippen LogP contribution in [-0.2, 0) is 6.54 Å². The van der Waals surface area contributed by atoms with Gasteiger partial charge in [0.25, 0.3) is 0 Å². The average molecular weight is 497 g/mol. The van der Waals surface area contributed by atoms with E-state index in [1.807, 2.05) is 12.3 Å². The van der Waals surface area contributed by atoms with Crippen molar-refractivity contribution in [2.24, 2.45) is 4.99 Å². The predicted octanol–water partition coefficient (Wildman–Crippen LogP) is 4.42. The molecule has 0 bridgehead atoms. The maximum absolute atomic E-state index is 4.76. The van der Waals surface area contributed by atoms with E-state index in [2.05, 4.69) is 79.4 Å². The van der Waals surface area contributed by atoms with Gasteiger partial charge in [0.1, 0.15) is 0 Å². The molecule has 156 valence electrons. The van der Waals surface area contributed by atoms with Crippen molar-refractivity contribution in [3.05, 3.63) is 42.1 Å². The van der Waals surface area contributed by atoms with Crippen molar-refractivity contribution < 1.29 is 0 Å². The van der Waals surface area contributed by atoms with Crippen LogP contribution in [-0.4, -0.2) is 47.6 Å². The van der Waals surface area contributed by atoms with Gasteiger partial charge in [-0.1, -0.05) is 24.3 Å². The van der Waals surface area contributed by atoms with E-state index in [1.165, 1.54) is 0 Å². The molecule has 0 atom stereocenters. The summed E-state index contributed by atoms with van der Waals surface area (Å²) in [5.41, 5.74) is 2.18. The molecule has 0 fully saturated rings. The summed E-state index contributed by atoms with van der Waals surface area (Å²) >= 11 is 0. The van der Waals surface area contributed by atoms with Crippen molar-refractivity contribution in [2.75, 3.05) is 19.6 Å². The molecule has 6 heteroatoms. The molecule has 0 aliphatic rings. The summed E-state index contributed by atoms with van der Waals surface area (Å²) in [6.45, 7) is 14.6. The summed E-state index contributed by atoms with van der Waals surface area (Å²) in [4.78, 5) is 11.8. The molecule has 2 rings (SSSR count). The van der Waals surface area contributed by atoms with Gasteiger partial charge in [-0.3, -0.25) is 9.88 Å². The number of rotatable bonds is 9. The molecule has 2 N–H and O–H groups in total. The highest BCUT2D eigenvalue weighted by Gasteiger charge is 2.12. The van der Waals surface area contributed by atoms with Gasteiger partial charge >= 0.3 is 0 Å². The van der Waals surface area contributed by atoms with Gasteiger partial charge in [-0.05, 0) is 52.7 Å². The molecule has 0 unspecified atom stereocenters. The number of hydrogen-bond donors (Lipinski definition) is 2. The summed E-state index contributed by atoms with van der Waals surface area (Å²) in [7, 11) is 0. The first-order valence-electron chi connectivity index (χ1n) is 10.1. The second-order valence-corrected chi connectivity index (χ2v) is 7.39. The lowest BCUT2D eigenvalue weighted by atomic mass is 10.1. The molecule has 0 aliphatic carbocycles. The van der Waals surface area contributed by atoms with Crippen LogP contribution in [0.4, 0.5) is 0 Å². The maximum Gasteiger partial charge on any atom is 0.191 e. The number of hydrogen-bond acceptors (Lipinski definition) is 3. The summed E-state index contributed by atoms with van der Waals surface area (Å²) in [5.74, 6) is 0.867. The Hall–Kier alpha value is -1.41. The number of fused-ring (bicyclic) bond motifs is 1. The van der Waals surface area contributed by atoms with Crippen LogP contribution in [0.5, 0.6) is 0 Å². The Morgan fingerprint density at radius 1 is 1.07 bits per heavy atom. The Morgan fingerprint density at radius 2 is 1.79 bits per heavy atom. The highest BCUT2D eigenvalue weighted by molar-refractivity contribution is 14.0. The van der Waals surface area contributed by atoms with E-state index < -0.39 is 0 Å². The van der Waals surface area contributed by atoms with Gasteiger partial charge in [0.15, 0.2) is 5.96 Å². The van der Waals surface area contributed by atoms with Crippen molar-refractivity contribution in [3.63, 3.8) is 0 Å². The smallest absolute Gasteiger partial charge is 0.191 e. The molecule has 0 saturated carbocycles. The summed E-state index contributed by atoms with van der Waals surface area (Å²) in [6.07, 6.45) is 2.94. The number of guanidine groups is 1. The van der Waals surface area contributed by atoms with E-state index >= 15 is 0 Å². The number of para-hydroxylation sites is 1. The number of aliphatic imine (C=N–C) groups is 1. The lowest BCUT2D eigenvalue weighted by Gasteiger charge is -2.30. The molecule has 1 aromatic carbocycles. The van der Waals surface area contributed by atoms with E-state index in [-0.39, 0.29) is 24.0 Å². The van der Waals surface area contributed by atoms with Crippen LogP contribution in [0.25, 0.3) is 10.9 Å². The van der Waals surface area contributed by atoms with Crippen LogP contribution in [0, 0.1) is 0 Å². The SMILES string of the molecule is CCNC(=NCc1cccc2cccnc12)NCCCN(C(C)C)C(C)C.I. The Bertz CT molecular complexity index is 716. The zero-order chi connectivity index (χ0) is 19.6. The van der Waals surface area contributed by atoms with Crippen molar-refractivity contribution in [3.8, 4) is 0 Å². The minimum absolute atomic E-state index is 0. The molecule has 5 nitrogen and oxygen atoms in total. The Morgan fingerprint density at radius 3 is 2.46 bits per heavy atom. The fraction of sp³-hybridized carbons (Fsp3) is 0.545. The third kappa shape index (κ3) is 7.54. The lowest BCUT2D eigenvalue weighted by Crippen LogP contribution is -2.41. The number of aromatic nitrogens is 1. The minimum atomic E-state index is 0. The van der Waals surface area contributed by atoms with Crippen molar-refractivity contribution in [1.82, 2.24) is 20.5 Å². The number of halogens is 1. The zero-order valence-corrected chi connectivity index (χ0v) is 20.2. The molecular formula is C22H36IN5. The normalized spacial score (nSPS) is 11.9. The average Bonchev–Trinajstić information content (AvgIpc) is 2.65. The molecule has 0 saturated heterocycles. The quantitative estimate of drug-likeness (QED) is 0.233. The van der Waals surface area contributed by atoms with Crippen LogP contribution in [0.3, 0.4) is 0 Å². The van der Waals surface area contributed by atoms with Crippen molar-refractivity contribution in [2.45, 2.75) is 59.7 Å². The highest BCUT2D eigenvalue weighted by Crippen LogP contribution is 2.16. The first-order valence-corrected chi connectivity index (χ1v) is 10.1. The summed E-state index contributed by atoms with van der Waals surface area (Å²) < 4.78 is 0. The Kier molecular flexibility index (Phi) is 11.4. The second kappa shape index (κ2) is 12.9. The minimum Gasteiger partial charge on any atom is -0.357 e. The van der Waals surface area contributed by atoms with Gasteiger partial charge in [-0.25, -0.2) is 4.99 Å². The van der Waals surface area contributed by atoms with E-state index in [9.17, 15) is 0 Å². The van der Waals surface area contributed by atoms with E-state index in [1.54, 1.807) is 0 Å². The van der Waals surface area contributed by atoms with Gasteiger partial charge in [0.2, 0.25) is 0 Å². The molecule has 28 heavy (non-hydrogen) atoms. The number of nitrogens with one attached hydrogen (secondary N) is 2. The molecule has 0 aliphatic heterocycles. The topological polar surface area (TPSA) is 52.6 Å². The van der Waals surface area contributed by atoms with Crippen LogP contribution in [0.1, 0.15) is 46.6 Å². The molecule has 1 aromatic heterocycles. The Balaban J connectivity index is 0.00000392. The second-order valence-electron chi connectivity index (χ2n) is 7.39. The molecule has 0 amide bonds. The standard InChI is InChI=1S/C22H35N5.HI/c1-6-23-22(25-14-9-15-27(17(2)3)18(4)5)26-16-20-11-7-10-19-12-8-13-24-21(19)20;/h7-8,10-13,17-18H,6,9,14-16H2,1-5H3,(H2,23,25,26);1H. The van der Waals surface area contributed by atoms with E-state index in [4.69, 9.17) is 4.99 Å². The van der Waals surface area contributed by atoms with E-state index in [0.717, 1.165) is 48.5 Å². The van der Waals surface area contributed by atoms with Crippen LogP contribution >= 0.6 is 24.0 Å². The third-order valence-corrected chi connectivity index (χ3v) is 4.68. The van der Waals surface area contributed by atoms with Gasteiger partial charge in [-0.15, -0.1) is 24.0 Å². The molecule has 1 heterocycles. The zero-order valence-electron chi connectivity index (χ0n) is 17.9. The highest BCUT2D eigenvalue weighted by atomic mass is 127. The van der Waals surface area contributed by atoms with Crippen molar-refractivity contribution >= 4 is 40.8 Å². The summed E-state index contributed by atoms with van der Waals surface area (Å²) in [5, 5.41) is 7.96. The van der Waals surface area contributed by atoms with Gasteiger partial charge in [0.05, 0.1) is 12.1 Å². The summed E-state index contributed by atoms with van der Waals surface area (Å²) in [6, 6.07) is 11.5. The number of benzene rings is 1. The molecule has 0 radical (unpaired) electrons. The predicted molar refractivity (Wildman–Crippen MR) is 132 cm³/mol. The Labute approximate surface area is 187 Å². The van der Waals surface area contributed by atoms with Crippen LogP contribution in [0.2, 0.25) is 0 Å². The number of nitrogens with zero attached hydrogens (tertiary/aromatic N) is 3. The number of pyridine rings is 1. The first-order chi connectivity index (χ1) is 13.0. The lowest BCUT2D eigenvalue weighted by molar-refractivity contribution is 0.173. The fourth-order valence-corrected chi connectivity index (χ4v) is 3.38. The van der Waals surface area contributed by atoms with Crippen molar-refractivity contribution in [1.29, 1.82) is 0 Å². The molecular weight excluding hydrogens is 461 g/mol. The first kappa shape index (κ1) is 24.6. The maximum atomic E-state index is 4.76. The fourth-order valence-electron chi connectivity index (χ4n) is 3.38. The van der Waals surface area contributed by atoms with E-state index in [0.29, 0.717) is 18.6 Å². The van der Waals surface area contributed by atoms with Crippen LogP contribution < -0.4 is 10.6 Å². The molecule has 2 aromatic rings. The molecule has 0 spiro atoms. The van der Waals surface area contributed by atoms with Gasteiger partial charge in [0, 0.05) is 43.3 Å². The van der Waals surface area contributed by atoms with Gasteiger partial charge in [-0.2, -0.15) is 0 Å². The third-order valence-electron chi connectivity index (χ3n) is 4.68. The van der Waals surface area contributed by atoms with Gasteiger partial charge < -0.3 is 10.6 Å². The monoisotopic (exact) mass is 497 g/mol. The van der Waals surface area contributed by atoms with Crippen LogP contribution in [0.15, 0.2) is 41.5 Å². The largest absolute Gasteiger partial charge is 0.357 e.